The number of hydrogen-bond donors (Lipinski definition) is 1. The molecule has 144 valence electrons. The molecule has 28 heavy (non-hydrogen) atoms. The van der Waals surface area contributed by atoms with Crippen LogP contribution in [0.1, 0.15) is 28.9 Å². The van der Waals surface area contributed by atoms with Gasteiger partial charge in [-0.2, -0.15) is 0 Å². The molecule has 0 unspecified atom stereocenters. The molecule has 1 fully saturated rings. The highest BCUT2D eigenvalue weighted by atomic mass is 32.1. The number of anilines is 1. The Morgan fingerprint density at radius 2 is 2.11 bits per heavy atom. The van der Waals surface area contributed by atoms with Crippen LogP contribution in [0.2, 0.25) is 0 Å². The Labute approximate surface area is 168 Å². The number of benzene rings is 1. The monoisotopic (exact) mass is 394 g/mol. The zero-order valence-corrected chi connectivity index (χ0v) is 16.5. The molecule has 1 saturated heterocycles. The minimum atomic E-state index is -0.188. The minimum absolute atomic E-state index is 0.188. The molecule has 4 rings (SSSR count). The molecule has 3 heterocycles. The van der Waals surface area contributed by atoms with Gasteiger partial charge in [0.2, 0.25) is 0 Å². The summed E-state index contributed by atoms with van der Waals surface area (Å²) in [6.07, 6.45) is 4.29. The van der Waals surface area contributed by atoms with Crippen LogP contribution in [0.3, 0.4) is 0 Å². The first-order valence-corrected chi connectivity index (χ1v) is 10.2. The molecule has 0 spiro atoms. The third-order valence-electron chi connectivity index (χ3n) is 4.75. The van der Waals surface area contributed by atoms with E-state index in [0.717, 1.165) is 40.8 Å². The van der Waals surface area contributed by atoms with Crippen molar-refractivity contribution in [1.29, 1.82) is 0 Å². The third kappa shape index (κ3) is 4.14. The van der Waals surface area contributed by atoms with Crippen LogP contribution in [0.25, 0.3) is 10.6 Å². The van der Waals surface area contributed by atoms with Gasteiger partial charge >= 0.3 is 0 Å². The van der Waals surface area contributed by atoms with Crippen molar-refractivity contribution in [2.45, 2.75) is 19.4 Å². The molecule has 1 aliphatic rings. The molecule has 3 aromatic rings. The van der Waals surface area contributed by atoms with Crippen molar-refractivity contribution in [2.24, 2.45) is 0 Å². The second-order valence-electron chi connectivity index (χ2n) is 6.67. The van der Waals surface area contributed by atoms with Gasteiger partial charge in [-0.3, -0.25) is 4.79 Å². The van der Waals surface area contributed by atoms with Crippen LogP contribution in [-0.4, -0.2) is 36.1 Å². The zero-order chi connectivity index (χ0) is 19.3. The van der Waals surface area contributed by atoms with Crippen molar-refractivity contribution in [3.8, 4) is 16.3 Å². The number of amides is 1. The Morgan fingerprint density at radius 3 is 2.86 bits per heavy atom. The second kappa shape index (κ2) is 8.39. The molecule has 7 heteroatoms. The summed E-state index contributed by atoms with van der Waals surface area (Å²) in [5.41, 5.74) is 2.33. The quantitative estimate of drug-likeness (QED) is 0.690. The highest BCUT2D eigenvalue weighted by Gasteiger charge is 2.15. The number of thiazole rings is 1. The van der Waals surface area contributed by atoms with Gasteiger partial charge in [-0.15, -0.1) is 11.3 Å². The topological polar surface area (TPSA) is 67.3 Å². The van der Waals surface area contributed by atoms with Crippen molar-refractivity contribution in [3.05, 3.63) is 59.2 Å². The lowest BCUT2D eigenvalue weighted by molar-refractivity contribution is 0.0946. The number of aromatic nitrogens is 2. The molecule has 2 aromatic heterocycles. The Balaban J connectivity index is 1.39. The molecule has 0 bridgehead atoms. The number of methoxy groups -OCH3 is 1. The third-order valence-corrected chi connectivity index (χ3v) is 5.64. The average Bonchev–Trinajstić information content (AvgIpc) is 3.44. The minimum Gasteiger partial charge on any atom is -0.497 e. The van der Waals surface area contributed by atoms with Crippen LogP contribution in [0.5, 0.6) is 5.75 Å². The van der Waals surface area contributed by atoms with E-state index in [4.69, 9.17) is 4.74 Å². The summed E-state index contributed by atoms with van der Waals surface area (Å²) in [6, 6.07) is 11.7. The fraction of sp³-hybridized carbons (Fsp3) is 0.286. The maximum Gasteiger partial charge on any atom is 0.271 e. The van der Waals surface area contributed by atoms with Crippen LogP contribution in [0.15, 0.2) is 48.0 Å². The molecular formula is C21H22N4O2S. The van der Waals surface area contributed by atoms with Gasteiger partial charge in [0.15, 0.2) is 0 Å². The molecule has 0 radical (unpaired) electrons. The molecular weight excluding hydrogens is 372 g/mol. The highest BCUT2D eigenvalue weighted by molar-refractivity contribution is 7.13. The van der Waals surface area contributed by atoms with Gasteiger partial charge in [0.25, 0.3) is 5.91 Å². The summed E-state index contributed by atoms with van der Waals surface area (Å²) in [4.78, 5) is 23.8. The van der Waals surface area contributed by atoms with Gasteiger partial charge in [0.1, 0.15) is 22.3 Å². The van der Waals surface area contributed by atoms with Crippen molar-refractivity contribution in [2.75, 3.05) is 25.1 Å². The summed E-state index contributed by atoms with van der Waals surface area (Å²) >= 11 is 1.45. The zero-order valence-electron chi connectivity index (χ0n) is 15.7. The summed E-state index contributed by atoms with van der Waals surface area (Å²) in [5, 5.41) is 5.49. The lowest BCUT2D eigenvalue weighted by Gasteiger charge is -2.15. The second-order valence-corrected chi connectivity index (χ2v) is 7.53. The number of pyridine rings is 1. The summed E-state index contributed by atoms with van der Waals surface area (Å²) in [7, 11) is 1.63. The van der Waals surface area contributed by atoms with Gasteiger partial charge in [-0.1, -0.05) is 12.1 Å². The number of carbonyl (C=O) groups excluding carboxylic acids is 1. The van der Waals surface area contributed by atoms with Gasteiger partial charge in [-0.25, -0.2) is 9.97 Å². The van der Waals surface area contributed by atoms with Crippen molar-refractivity contribution >= 4 is 23.1 Å². The maximum atomic E-state index is 12.4. The van der Waals surface area contributed by atoms with E-state index in [2.05, 4.69) is 20.2 Å². The predicted molar refractivity (Wildman–Crippen MR) is 111 cm³/mol. The summed E-state index contributed by atoms with van der Waals surface area (Å²) < 4.78 is 5.21. The maximum absolute atomic E-state index is 12.4. The van der Waals surface area contributed by atoms with Crippen molar-refractivity contribution in [3.63, 3.8) is 0 Å². The van der Waals surface area contributed by atoms with Crippen LogP contribution < -0.4 is 15.0 Å². The molecule has 6 nitrogen and oxygen atoms in total. The van der Waals surface area contributed by atoms with E-state index in [9.17, 15) is 4.79 Å². The first-order valence-electron chi connectivity index (χ1n) is 9.31. The van der Waals surface area contributed by atoms with Crippen LogP contribution >= 0.6 is 11.3 Å². The number of ether oxygens (including phenoxy) is 1. The van der Waals surface area contributed by atoms with Gasteiger partial charge in [0.05, 0.1) is 7.11 Å². The van der Waals surface area contributed by atoms with E-state index >= 15 is 0 Å². The number of nitrogens with one attached hydrogen (secondary N) is 1. The normalized spacial score (nSPS) is 13.5. The molecule has 1 aromatic carbocycles. The first kappa shape index (κ1) is 18.4. The average molecular weight is 395 g/mol. The molecule has 0 saturated carbocycles. The van der Waals surface area contributed by atoms with Crippen molar-refractivity contribution < 1.29 is 9.53 Å². The van der Waals surface area contributed by atoms with E-state index in [1.54, 1.807) is 12.5 Å². The number of nitrogens with zero attached hydrogens (tertiary/aromatic N) is 3. The van der Waals surface area contributed by atoms with Crippen LogP contribution in [0, 0.1) is 0 Å². The van der Waals surface area contributed by atoms with E-state index in [1.165, 1.54) is 24.2 Å². The smallest absolute Gasteiger partial charge is 0.271 e. The molecule has 1 amide bonds. The predicted octanol–water partition coefficient (Wildman–Crippen LogP) is 3.74. The SMILES string of the molecule is COc1cccc(CNC(=O)c2csc(-c3ccc(N4CCCC4)nc3)n2)c1. The van der Waals surface area contributed by atoms with Gasteiger partial charge in [-0.05, 0) is 42.7 Å². The highest BCUT2D eigenvalue weighted by Crippen LogP contribution is 2.26. The fourth-order valence-corrected chi connectivity index (χ4v) is 4.00. The lowest BCUT2D eigenvalue weighted by atomic mass is 10.2. The summed E-state index contributed by atoms with van der Waals surface area (Å²) in [6.45, 7) is 2.57. The van der Waals surface area contributed by atoms with E-state index in [1.807, 2.05) is 42.6 Å². The van der Waals surface area contributed by atoms with E-state index < -0.39 is 0 Å². The van der Waals surface area contributed by atoms with E-state index in [-0.39, 0.29) is 5.91 Å². The lowest BCUT2D eigenvalue weighted by Crippen LogP contribution is -2.23. The molecule has 0 aliphatic carbocycles. The summed E-state index contributed by atoms with van der Waals surface area (Å²) in [5.74, 6) is 1.59. The molecule has 0 atom stereocenters. The number of carbonyl (C=O) groups is 1. The van der Waals surface area contributed by atoms with Gasteiger partial charge in [0, 0.05) is 36.8 Å². The molecule has 1 aliphatic heterocycles. The van der Waals surface area contributed by atoms with Gasteiger partial charge < -0.3 is 15.0 Å². The van der Waals surface area contributed by atoms with E-state index in [0.29, 0.717) is 12.2 Å². The number of rotatable bonds is 6. The fourth-order valence-electron chi connectivity index (χ4n) is 3.21. The standard InChI is InChI=1S/C21H22N4O2S/c1-27-17-6-4-5-15(11-17)12-23-20(26)18-14-28-21(24-18)16-7-8-19(22-13-16)25-9-2-3-10-25/h4-8,11,13-14H,2-3,9-10,12H2,1H3,(H,23,26). The Morgan fingerprint density at radius 1 is 1.25 bits per heavy atom. The first-order chi connectivity index (χ1) is 13.7. The van der Waals surface area contributed by atoms with Crippen LogP contribution in [-0.2, 0) is 6.54 Å². The van der Waals surface area contributed by atoms with Crippen LogP contribution in [0.4, 0.5) is 5.82 Å². The Bertz CT molecular complexity index is 949. The largest absolute Gasteiger partial charge is 0.497 e. The van der Waals surface area contributed by atoms with Crippen molar-refractivity contribution in [1.82, 2.24) is 15.3 Å². The number of hydrogen-bond acceptors (Lipinski definition) is 6. The molecule has 1 N–H and O–H groups in total. The Hall–Kier alpha value is -2.93. The Kier molecular flexibility index (Phi) is 5.53.